The lowest BCUT2D eigenvalue weighted by Gasteiger charge is -2.29. The summed E-state index contributed by atoms with van der Waals surface area (Å²) in [5.74, 6) is 0.607. The minimum absolute atomic E-state index is 0.139. The maximum absolute atomic E-state index is 12.8. The Labute approximate surface area is 205 Å². The highest BCUT2D eigenvalue weighted by Crippen LogP contribution is 2.36. The van der Waals surface area contributed by atoms with Crippen molar-refractivity contribution in [3.63, 3.8) is 0 Å². The summed E-state index contributed by atoms with van der Waals surface area (Å²) in [6.07, 6.45) is 3.45. The van der Waals surface area contributed by atoms with Crippen LogP contribution in [0.15, 0.2) is 54.7 Å². The zero-order valence-electron chi connectivity index (χ0n) is 20.2. The number of piperidine rings is 1. The smallest absolute Gasteiger partial charge is 0.289 e. The van der Waals surface area contributed by atoms with Gasteiger partial charge < -0.3 is 20.3 Å². The minimum Gasteiger partial charge on any atom is -0.492 e. The van der Waals surface area contributed by atoms with Crippen LogP contribution in [0.5, 0.6) is 5.75 Å². The molecular weight excluding hydrogens is 440 g/mol. The lowest BCUT2D eigenvalue weighted by Crippen LogP contribution is -2.43. The Morgan fingerprint density at radius 2 is 2.03 bits per heavy atom. The van der Waals surface area contributed by atoms with Crippen LogP contribution in [0.1, 0.15) is 30.4 Å². The molecule has 2 aromatic carbocycles. The number of anilines is 1. The average molecular weight is 471 g/mol. The van der Waals surface area contributed by atoms with Crippen molar-refractivity contribution in [3.05, 3.63) is 60.6 Å². The van der Waals surface area contributed by atoms with E-state index in [4.69, 9.17) is 10.00 Å². The van der Waals surface area contributed by atoms with Crippen LogP contribution in [0.2, 0.25) is 0 Å². The minimum atomic E-state index is -0.252. The second kappa shape index (κ2) is 11.0. The number of likely N-dealkylation sites (tertiary alicyclic amines) is 1. The van der Waals surface area contributed by atoms with Crippen LogP contribution in [0.25, 0.3) is 22.0 Å². The molecule has 1 aromatic heterocycles. The Morgan fingerprint density at radius 1 is 1.26 bits per heavy atom. The van der Waals surface area contributed by atoms with E-state index in [1.54, 1.807) is 12.3 Å². The first-order valence-electron chi connectivity index (χ1n) is 11.8. The number of hydrogen-bond acceptors (Lipinski definition) is 7. The van der Waals surface area contributed by atoms with Crippen molar-refractivity contribution in [1.29, 1.82) is 5.26 Å². The van der Waals surface area contributed by atoms with Gasteiger partial charge in [-0.2, -0.15) is 5.26 Å². The molecule has 8 heteroatoms. The third-order valence-electron chi connectivity index (χ3n) is 6.13. The van der Waals surface area contributed by atoms with Gasteiger partial charge in [-0.15, -0.1) is 0 Å². The maximum Gasteiger partial charge on any atom is 0.289 e. The monoisotopic (exact) mass is 470 g/mol. The van der Waals surface area contributed by atoms with Gasteiger partial charge in [-0.1, -0.05) is 24.8 Å². The van der Waals surface area contributed by atoms with E-state index < -0.39 is 0 Å². The van der Waals surface area contributed by atoms with Gasteiger partial charge in [0, 0.05) is 35.3 Å². The molecule has 0 spiro atoms. The van der Waals surface area contributed by atoms with Crippen LogP contribution in [0.4, 0.5) is 5.69 Å². The highest BCUT2D eigenvalue weighted by molar-refractivity contribution is 5.99. The Hall–Kier alpha value is -3.96. The van der Waals surface area contributed by atoms with Gasteiger partial charge in [-0.3, -0.25) is 4.79 Å². The van der Waals surface area contributed by atoms with E-state index in [0.717, 1.165) is 48.0 Å². The Bertz CT molecular complexity index is 1270. The van der Waals surface area contributed by atoms with Crippen LogP contribution >= 0.6 is 0 Å². The van der Waals surface area contributed by atoms with Crippen molar-refractivity contribution in [3.8, 4) is 23.1 Å². The number of benzene rings is 2. The third-order valence-corrected chi connectivity index (χ3v) is 6.13. The van der Waals surface area contributed by atoms with E-state index >= 15 is 0 Å². The normalized spacial score (nSPS) is 14.3. The summed E-state index contributed by atoms with van der Waals surface area (Å²) < 4.78 is 5.83. The molecule has 0 aliphatic carbocycles. The predicted molar refractivity (Wildman–Crippen MR) is 137 cm³/mol. The first kappa shape index (κ1) is 24.2. The summed E-state index contributed by atoms with van der Waals surface area (Å²) in [7, 11) is 2.09. The molecule has 1 saturated heterocycles. The molecule has 35 heavy (non-hydrogen) atoms. The van der Waals surface area contributed by atoms with E-state index in [1.807, 2.05) is 37.3 Å². The standard InChI is InChI=1S/C27H30N6O2/c1-4-35-24-8-7-19-5-6-20(15-22(19)25(24)30-17-18(2)16-28)23-9-12-29-26(32-23)27(34)31-21-10-13-33(3)14-11-21/h5-9,12,15,21,30H,2,4,10-11,13-14,17H2,1,3H3,(H,31,34). The third kappa shape index (κ3) is 5.76. The first-order valence-corrected chi connectivity index (χ1v) is 11.8. The zero-order valence-corrected chi connectivity index (χ0v) is 20.2. The van der Waals surface area contributed by atoms with Gasteiger partial charge in [0.25, 0.3) is 5.91 Å². The van der Waals surface area contributed by atoms with Crippen molar-refractivity contribution in [1.82, 2.24) is 20.2 Å². The van der Waals surface area contributed by atoms with Gasteiger partial charge in [0.1, 0.15) is 5.75 Å². The van der Waals surface area contributed by atoms with Crippen molar-refractivity contribution in [2.75, 3.05) is 38.6 Å². The number of ether oxygens (including phenoxy) is 1. The number of amides is 1. The molecule has 0 atom stereocenters. The summed E-state index contributed by atoms with van der Waals surface area (Å²) in [6, 6.07) is 13.9. The number of nitrogens with one attached hydrogen (secondary N) is 2. The van der Waals surface area contributed by atoms with Gasteiger partial charge in [-0.25, -0.2) is 9.97 Å². The topological polar surface area (TPSA) is 103 Å². The quantitative estimate of drug-likeness (QED) is 0.480. The molecule has 2 N–H and O–H groups in total. The molecule has 1 fully saturated rings. The van der Waals surface area contributed by atoms with Gasteiger partial charge in [-0.05, 0) is 63.5 Å². The molecule has 1 amide bonds. The van der Waals surface area contributed by atoms with E-state index in [1.165, 1.54) is 0 Å². The van der Waals surface area contributed by atoms with Gasteiger partial charge >= 0.3 is 0 Å². The van der Waals surface area contributed by atoms with Crippen LogP contribution < -0.4 is 15.4 Å². The number of hydrogen-bond donors (Lipinski definition) is 2. The summed E-state index contributed by atoms with van der Waals surface area (Å²) >= 11 is 0. The van der Waals surface area contributed by atoms with Gasteiger partial charge in [0.15, 0.2) is 0 Å². The highest BCUT2D eigenvalue weighted by Gasteiger charge is 2.21. The number of aromatic nitrogens is 2. The summed E-state index contributed by atoms with van der Waals surface area (Å²) in [4.78, 5) is 23.9. The lowest BCUT2D eigenvalue weighted by atomic mass is 10.0. The van der Waals surface area contributed by atoms with Crippen molar-refractivity contribution in [2.45, 2.75) is 25.8 Å². The molecule has 0 unspecified atom stereocenters. The maximum atomic E-state index is 12.8. The molecule has 3 aromatic rings. The van der Waals surface area contributed by atoms with Crippen LogP contribution in [0, 0.1) is 11.3 Å². The van der Waals surface area contributed by atoms with Gasteiger partial charge in [0.05, 0.1) is 24.1 Å². The van der Waals surface area contributed by atoms with Crippen LogP contribution in [-0.2, 0) is 0 Å². The van der Waals surface area contributed by atoms with E-state index in [0.29, 0.717) is 30.2 Å². The molecule has 1 aliphatic rings. The number of nitriles is 1. The van der Waals surface area contributed by atoms with Crippen molar-refractivity contribution in [2.24, 2.45) is 0 Å². The largest absolute Gasteiger partial charge is 0.492 e. The summed E-state index contributed by atoms with van der Waals surface area (Å²) in [6.45, 7) is 8.44. The number of carbonyl (C=O) groups is 1. The number of rotatable bonds is 8. The number of nitrogens with zero attached hydrogens (tertiary/aromatic N) is 4. The second-order valence-corrected chi connectivity index (χ2v) is 8.69. The summed E-state index contributed by atoms with van der Waals surface area (Å²) in [5.41, 5.74) is 2.72. The molecule has 0 saturated carbocycles. The fourth-order valence-corrected chi connectivity index (χ4v) is 4.18. The molecule has 0 bridgehead atoms. The molecule has 0 radical (unpaired) electrons. The lowest BCUT2D eigenvalue weighted by molar-refractivity contribution is 0.0906. The molecule has 8 nitrogen and oxygen atoms in total. The average Bonchev–Trinajstić information content (AvgIpc) is 2.89. The SMILES string of the molecule is C=C(C#N)CNc1c(OCC)ccc2ccc(-c3ccnc(C(=O)NC4CCN(C)CC4)n3)cc12. The first-order chi connectivity index (χ1) is 17.0. The Balaban J connectivity index is 1.63. The second-order valence-electron chi connectivity index (χ2n) is 8.69. The molecule has 1 aliphatic heterocycles. The summed E-state index contributed by atoms with van der Waals surface area (Å²) in [5, 5.41) is 17.4. The van der Waals surface area contributed by atoms with Crippen molar-refractivity contribution >= 4 is 22.4 Å². The zero-order chi connectivity index (χ0) is 24.8. The van der Waals surface area contributed by atoms with E-state index in [2.05, 4.69) is 45.2 Å². The van der Waals surface area contributed by atoms with Gasteiger partial charge in [0.2, 0.25) is 5.82 Å². The van der Waals surface area contributed by atoms with E-state index in [-0.39, 0.29) is 17.8 Å². The van der Waals surface area contributed by atoms with Crippen LogP contribution in [-0.4, -0.2) is 60.1 Å². The molecule has 4 rings (SSSR count). The Morgan fingerprint density at radius 3 is 2.77 bits per heavy atom. The fourth-order valence-electron chi connectivity index (χ4n) is 4.18. The van der Waals surface area contributed by atoms with Crippen molar-refractivity contribution < 1.29 is 9.53 Å². The van der Waals surface area contributed by atoms with E-state index in [9.17, 15) is 4.79 Å². The van der Waals surface area contributed by atoms with Crippen LogP contribution in [0.3, 0.4) is 0 Å². The fraction of sp³-hybridized carbons (Fsp3) is 0.333. The molecular formula is C27H30N6O2. The highest BCUT2D eigenvalue weighted by atomic mass is 16.5. The number of fused-ring (bicyclic) bond motifs is 1. The molecule has 180 valence electrons. The Kier molecular flexibility index (Phi) is 7.58. The number of carbonyl (C=O) groups excluding carboxylic acids is 1. The predicted octanol–water partition coefficient (Wildman–Crippen LogP) is 4.01. The molecule has 2 heterocycles.